The van der Waals surface area contributed by atoms with Gasteiger partial charge >= 0.3 is 5.97 Å². The lowest BCUT2D eigenvalue weighted by Gasteiger charge is -2.22. The first-order valence-corrected chi connectivity index (χ1v) is 8.53. The van der Waals surface area contributed by atoms with Crippen LogP contribution in [-0.2, 0) is 14.8 Å². The van der Waals surface area contributed by atoms with Crippen LogP contribution in [0.3, 0.4) is 0 Å². The van der Waals surface area contributed by atoms with E-state index in [1.165, 1.54) is 12.1 Å². The second kappa shape index (κ2) is 5.60. The Bertz CT molecular complexity index is 719. The number of fused-ring (bicyclic) bond motifs is 1. The van der Waals surface area contributed by atoms with Gasteiger partial charge in [-0.1, -0.05) is 11.6 Å². The Balaban J connectivity index is 1.94. The normalized spacial score (nSPS) is 21.8. The predicted octanol–water partition coefficient (Wildman–Crippen LogP) is 1.21. The zero-order valence-corrected chi connectivity index (χ0v) is 13.1. The van der Waals surface area contributed by atoms with Gasteiger partial charge in [-0.2, -0.15) is 4.31 Å². The average Bonchev–Trinajstić information content (AvgIpc) is 2.97. The van der Waals surface area contributed by atoms with Gasteiger partial charge in [-0.3, -0.25) is 4.79 Å². The van der Waals surface area contributed by atoms with Crippen molar-refractivity contribution in [1.29, 1.82) is 0 Å². The summed E-state index contributed by atoms with van der Waals surface area (Å²) in [6.45, 7) is 0.813. The first-order valence-electron chi connectivity index (χ1n) is 6.71. The summed E-state index contributed by atoms with van der Waals surface area (Å²) in [5, 5.41) is 9.03. The van der Waals surface area contributed by atoms with Crippen molar-refractivity contribution in [3.05, 3.63) is 17.2 Å². The summed E-state index contributed by atoms with van der Waals surface area (Å²) in [5.74, 6) is -0.958. The van der Waals surface area contributed by atoms with Crippen LogP contribution in [0.15, 0.2) is 17.0 Å². The quantitative estimate of drug-likeness (QED) is 0.883. The van der Waals surface area contributed by atoms with Crippen LogP contribution in [0.1, 0.15) is 6.42 Å². The van der Waals surface area contributed by atoms with E-state index in [2.05, 4.69) is 0 Å². The van der Waals surface area contributed by atoms with Crippen LogP contribution in [0.5, 0.6) is 11.5 Å². The number of carboxylic acids is 1. The van der Waals surface area contributed by atoms with Crippen molar-refractivity contribution in [3.63, 3.8) is 0 Å². The van der Waals surface area contributed by atoms with Crippen LogP contribution in [0.4, 0.5) is 0 Å². The molecule has 1 N–H and O–H groups in total. The molecule has 0 spiro atoms. The SMILES string of the molecule is O=C(O)C1CCN(S(=O)(=O)c2cc3c(cc2Cl)OCCO3)C1. The second-order valence-corrected chi connectivity index (χ2v) is 7.43. The molecule has 22 heavy (non-hydrogen) atoms. The summed E-state index contributed by atoms with van der Waals surface area (Å²) in [5.41, 5.74) is 0. The molecule has 1 aromatic carbocycles. The summed E-state index contributed by atoms with van der Waals surface area (Å²) in [6, 6.07) is 2.74. The molecule has 0 aliphatic carbocycles. The van der Waals surface area contributed by atoms with E-state index in [0.29, 0.717) is 24.7 Å². The van der Waals surface area contributed by atoms with Crippen LogP contribution < -0.4 is 9.47 Å². The Morgan fingerprint density at radius 1 is 1.27 bits per heavy atom. The van der Waals surface area contributed by atoms with E-state index in [1.807, 2.05) is 0 Å². The molecule has 0 radical (unpaired) electrons. The predicted molar refractivity (Wildman–Crippen MR) is 76.9 cm³/mol. The number of aliphatic carboxylic acids is 1. The molecule has 1 saturated heterocycles. The number of benzene rings is 1. The van der Waals surface area contributed by atoms with Crippen LogP contribution in [0, 0.1) is 5.92 Å². The molecule has 0 saturated carbocycles. The lowest BCUT2D eigenvalue weighted by atomic mass is 10.1. The van der Waals surface area contributed by atoms with Crippen molar-refractivity contribution in [2.45, 2.75) is 11.3 Å². The van der Waals surface area contributed by atoms with Crippen LogP contribution in [0.25, 0.3) is 0 Å². The van der Waals surface area contributed by atoms with Crippen molar-refractivity contribution in [2.24, 2.45) is 5.92 Å². The maximum atomic E-state index is 12.7. The number of rotatable bonds is 3. The number of ether oxygens (including phenoxy) is 2. The van der Waals surface area contributed by atoms with E-state index in [-0.39, 0.29) is 29.4 Å². The fraction of sp³-hybridized carbons (Fsp3) is 0.462. The van der Waals surface area contributed by atoms with Gasteiger partial charge in [-0.25, -0.2) is 8.42 Å². The molecule has 9 heteroatoms. The largest absolute Gasteiger partial charge is 0.486 e. The molecule has 0 amide bonds. The van der Waals surface area contributed by atoms with E-state index in [0.717, 1.165) is 4.31 Å². The lowest BCUT2D eigenvalue weighted by molar-refractivity contribution is -0.141. The zero-order chi connectivity index (χ0) is 15.9. The summed E-state index contributed by atoms with van der Waals surface area (Å²) in [7, 11) is -3.87. The minimum atomic E-state index is -3.87. The van der Waals surface area contributed by atoms with Gasteiger partial charge in [0.05, 0.1) is 10.9 Å². The summed E-state index contributed by atoms with van der Waals surface area (Å²) < 4.78 is 37.2. The van der Waals surface area contributed by atoms with E-state index < -0.39 is 21.9 Å². The highest BCUT2D eigenvalue weighted by atomic mass is 35.5. The smallest absolute Gasteiger partial charge is 0.307 e. The molecule has 1 unspecified atom stereocenters. The highest BCUT2D eigenvalue weighted by Gasteiger charge is 2.37. The van der Waals surface area contributed by atoms with E-state index in [9.17, 15) is 13.2 Å². The molecule has 7 nitrogen and oxygen atoms in total. The molecule has 2 aliphatic heterocycles. The standard InChI is InChI=1S/C13H14ClNO6S/c14-9-5-10-11(21-4-3-20-10)6-12(9)22(18,19)15-2-1-8(7-15)13(16)17/h5-6,8H,1-4,7H2,(H,16,17). The number of halogens is 1. The minimum absolute atomic E-state index is 0.0306. The lowest BCUT2D eigenvalue weighted by Crippen LogP contribution is -2.30. The number of carbonyl (C=O) groups is 1. The van der Waals surface area contributed by atoms with Gasteiger partial charge in [0.1, 0.15) is 18.1 Å². The molecule has 2 heterocycles. The Labute approximate surface area is 132 Å². The Kier molecular flexibility index (Phi) is 3.92. The molecule has 0 bridgehead atoms. The summed E-state index contributed by atoms with van der Waals surface area (Å²) in [4.78, 5) is 10.9. The van der Waals surface area contributed by atoms with Crippen molar-refractivity contribution >= 4 is 27.6 Å². The van der Waals surface area contributed by atoms with E-state index in [1.54, 1.807) is 0 Å². The van der Waals surface area contributed by atoms with Gasteiger partial charge in [0.2, 0.25) is 10.0 Å². The number of carboxylic acid groups (broad SMARTS) is 1. The topological polar surface area (TPSA) is 93.1 Å². The van der Waals surface area contributed by atoms with Crippen molar-refractivity contribution in [1.82, 2.24) is 4.31 Å². The maximum Gasteiger partial charge on any atom is 0.307 e. The van der Waals surface area contributed by atoms with Gasteiger partial charge in [-0.15, -0.1) is 0 Å². The highest BCUT2D eigenvalue weighted by molar-refractivity contribution is 7.89. The molecular weight excluding hydrogens is 334 g/mol. The van der Waals surface area contributed by atoms with E-state index in [4.69, 9.17) is 26.2 Å². The van der Waals surface area contributed by atoms with Crippen LogP contribution in [0.2, 0.25) is 5.02 Å². The van der Waals surface area contributed by atoms with Crippen molar-refractivity contribution in [3.8, 4) is 11.5 Å². The number of hydrogen-bond acceptors (Lipinski definition) is 5. The second-order valence-electron chi connectivity index (χ2n) is 5.11. The molecule has 0 aromatic heterocycles. The molecule has 2 aliphatic rings. The fourth-order valence-corrected chi connectivity index (χ4v) is 4.54. The fourth-order valence-electron chi connectivity index (χ4n) is 2.53. The zero-order valence-electron chi connectivity index (χ0n) is 11.5. The van der Waals surface area contributed by atoms with Gasteiger partial charge in [0, 0.05) is 25.2 Å². The van der Waals surface area contributed by atoms with Crippen LogP contribution in [-0.4, -0.2) is 50.1 Å². The third-order valence-electron chi connectivity index (χ3n) is 3.71. The molecule has 1 atom stereocenters. The Hall–Kier alpha value is -1.51. The monoisotopic (exact) mass is 347 g/mol. The van der Waals surface area contributed by atoms with Gasteiger partial charge in [0.25, 0.3) is 0 Å². The van der Waals surface area contributed by atoms with Gasteiger partial charge in [-0.05, 0) is 6.42 Å². The highest BCUT2D eigenvalue weighted by Crippen LogP contribution is 2.39. The molecular formula is C13H14ClNO6S. The molecule has 3 rings (SSSR count). The van der Waals surface area contributed by atoms with E-state index >= 15 is 0 Å². The number of sulfonamides is 1. The van der Waals surface area contributed by atoms with Crippen molar-refractivity contribution in [2.75, 3.05) is 26.3 Å². The number of nitrogens with zero attached hydrogens (tertiary/aromatic N) is 1. The first kappa shape index (κ1) is 15.4. The van der Waals surface area contributed by atoms with Gasteiger partial charge in [0.15, 0.2) is 11.5 Å². The average molecular weight is 348 g/mol. The number of hydrogen-bond donors (Lipinski definition) is 1. The maximum absolute atomic E-state index is 12.7. The molecule has 120 valence electrons. The summed E-state index contributed by atoms with van der Waals surface area (Å²) in [6.07, 6.45) is 0.288. The minimum Gasteiger partial charge on any atom is -0.486 e. The Morgan fingerprint density at radius 3 is 2.50 bits per heavy atom. The van der Waals surface area contributed by atoms with Crippen LogP contribution >= 0.6 is 11.6 Å². The van der Waals surface area contributed by atoms with Gasteiger partial charge < -0.3 is 14.6 Å². The molecule has 1 aromatic rings. The Morgan fingerprint density at radius 2 is 1.91 bits per heavy atom. The first-order chi connectivity index (χ1) is 10.4. The summed E-state index contributed by atoms with van der Waals surface area (Å²) >= 11 is 6.07. The molecule has 1 fully saturated rings. The van der Waals surface area contributed by atoms with Crippen molar-refractivity contribution < 1.29 is 27.8 Å². The third-order valence-corrected chi connectivity index (χ3v) is 6.04. The third kappa shape index (κ3) is 2.62.